The first kappa shape index (κ1) is 15.8. The second kappa shape index (κ2) is 6.90. The number of piperidine rings is 1. The molecule has 0 bridgehead atoms. The monoisotopic (exact) mass is 281 g/mol. The standard InChI is InChI=1S/C16H31N3O/c1-13(2)18-14(15(17)20)5-10-19-11-8-16(9-12-19)6-3-4-7-16/h13-14,18H,3-12H2,1-2H3,(H2,17,20). The summed E-state index contributed by atoms with van der Waals surface area (Å²) < 4.78 is 0. The zero-order chi connectivity index (χ0) is 14.6. The normalized spacial score (nSPS) is 24.4. The summed E-state index contributed by atoms with van der Waals surface area (Å²) in [6, 6.07) is 0.119. The van der Waals surface area contributed by atoms with E-state index in [-0.39, 0.29) is 11.9 Å². The first-order valence-electron chi connectivity index (χ1n) is 8.28. The van der Waals surface area contributed by atoms with Crippen molar-refractivity contribution in [3.8, 4) is 0 Å². The van der Waals surface area contributed by atoms with Gasteiger partial charge in [-0.2, -0.15) is 0 Å². The van der Waals surface area contributed by atoms with Crippen molar-refractivity contribution in [2.45, 2.75) is 70.9 Å². The van der Waals surface area contributed by atoms with Gasteiger partial charge in [0.15, 0.2) is 0 Å². The second-order valence-electron chi connectivity index (χ2n) is 7.11. The maximum Gasteiger partial charge on any atom is 0.234 e. The molecule has 0 aromatic carbocycles. The molecular formula is C16H31N3O. The molecule has 20 heavy (non-hydrogen) atoms. The number of hydrogen-bond donors (Lipinski definition) is 2. The molecule has 2 fully saturated rings. The Hall–Kier alpha value is -0.610. The molecule has 0 aromatic rings. The molecule has 1 aliphatic carbocycles. The molecule has 1 heterocycles. The Bertz CT molecular complexity index is 314. The third kappa shape index (κ3) is 4.19. The molecule has 1 spiro atoms. The predicted octanol–water partition coefficient (Wildman–Crippen LogP) is 1.88. The van der Waals surface area contributed by atoms with Crippen LogP contribution in [-0.2, 0) is 4.79 Å². The van der Waals surface area contributed by atoms with E-state index in [1.807, 2.05) is 0 Å². The molecule has 4 nitrogen and oxygen atoms in total. The van der Waals surface area contributed by atoms with Gasteiger partial charge in [-0.25, -0.2) is 0 Å². The van der Waals surface area contributed by atoms with E-state index < -0.39 is 0 Å². The van der Waals surface area contributed by atoms with E-state index in [1.165, 1.54) is 51.6 Å². The number of rotatable bonds is 6. The lowest BCUT2D eigenvalue weighted by Gasteiger charge is -2.39. The van der Waals surface area contributed by atoms with Gasteiger partial charge in [-0.3, -0.25) is 4.79 Å². The number of hydrogen-bond acceptors (Lipinski definition) is 3. The Balaban J connectivity index is 1.73. The summed E-state index contributed by atoms with van der Waals surface area (Å²) in [5, 5.41) is 3.27. The topological polar surface area (TPSA) is 58.4 Å². The smallest absolute Gasteiger partial charge is 0.234 e. The third-order valence-corrected chi connectivity index (χ3v) is 5.19. The number of primary amides is 1. The molecule has 0 radical (unpaired) electrons. The van der Waals surface area contributed by atoms with E-state index in [9.17, 15) is 4.79 Å². The minimum Gasteiger partial charge on any atom is -0.368 e. The zero-order valence-corrected chi connectivity index (χ0v) is 13.2. The summed E-state index contributed by atoms with van der Waals surface area (Å²) in [6.07, 6.45) is 9.29. The van der Waals surface area contributed by atoms with Crippen LogP contribution < -0.4 is 11.1 Å². The van der Waals surface area contributed by atoms with Crippen LogP contribution in [0.25, 0.3) is 0 Å². The van der Waals surface area contributed by atoms with Crippen LogP contribution >= 0.6 is 0 Å². The summed E-state index contributed by atoms with van der Waals surface area (Å²) in [6.45, 7) is 7.51. The molecule has 1 atom stereocenters. The summed E-state index contributed by atoms with van der Waals surface area (Å²) in [5.41, 5.74) is 6.15. The van der Waals surface area contributed by atoms with Gasteiger partial charge >= 0.3 is 0 Å². The van der Waals surface area contributed by atoms with E-state index in [1.54, 1.807) is 0 Å². The van der Waals surface area contributed by atoms with Crippen LogP contribution in [0, 0.1) is 5.41 Å². The number of nitrogens with two attached hydrogens (primary N) is 1. The quantitative estimate of drug-likeness (QED) is 0.781. The number of likely N-dealkylation sites (tertiary alicyclic amines) is 1. The molecule has 1 unspecified atom stereocenters. The highest BCUT2D eigenvalue weighted by molar-refractivity contribution is 5.79. The first-order chi connectivity index (χ1) is 9.51. The van der Waals surface area contributed by atoms with Gasteiger partial charge in [-0.1, -0.05) is 26.7 Å². The van der Waals surface area contributed by atoms with Crippen molar-refractivity contribution in [3.63, 3.8) is 0 Å². The predicted molar refractivity (Wildman–Crippen MR) is 82.4 cm³/mol. The van der Waals surface area contributed by atoms with Crippen LogP contribution in [0.1, 0.15) is 58.8 Å². The van der Waals surface area contributed by atoms with E-state index in [0.717, 1.165) is 13.0 Å². The lowest BCUT2D eigenvalue weighted by molar-refractivity contribution is -0.120. The van der Waals surface area contributed by atoms with Gasteiger partial charge in [0.05, 0.1) is 6.04 Å². The highest BCUT2D eigenvalue weighted by Gasteiger charge is 2.36. The van der Waals surface area contributed by atoms with Gasteiger partial charge in [-0.05, 0) is 50.6 Å². The van der Waals surface area contributed by atoms with Crippen molar-refractivity contribution in [1.82, 2.24) is 10.2 Å². The minimum absolute atomic E-state index is 0.183. The summed E-state index contributed by atoms with van der Waals surface area (Å²) in [7, 11) is 0. The molecule has 1 aliphatic heterocycles. The molecule has 2 aliphatic rings. The first-order valence-corrected chi connectivity index (χ1v) is 8.28. The maximum atomic E-state index is 11.5. The largest absolute Gasteiger partial charge is 0.368 e. The fraction of sp³-hybridized carbons (Fsp3) is 0.938. The van der Waals surface area contributed by atoms with Crippen LogP contribution in [0.4, 0.5) is 0 Å². The van der Waals surface area contributed by atoms with Gasteiger partial charge in [0.1, 0.15) is 0 Å². The van der Waals surface area contributed by atoms with Crippen LogP contribution in [0.5, 0.6) is 0 Å². The summed E-state index contributed by atoms with van der Waals surface area (Å²) in [5.74, 6) is -0.219. The van der Waals surface area contributed by atoms with Crippen molar-refractivity contribution in [1.29, 1.82) is 0 Å². The SMILES string of the molecule is CC(C)NC(CCN1CCC2(CCCC2)CC1)C(N)=O. The summed E-state index contributed by atoms with van der Waals surface area (Å²) >= 11 is 0. The van der Waals surface area contributed by atoms with E-state index in [4.69, 9.17) is 5.73 Å². The van der Waals surface area contributed by atoms with E-state index in [0.29, 0.717) is 11.5 Å². The fourth-order valence-electron chi connectivity index (χ4n) is 3.90. The number of nitrogens with one attached hydrogen (secondary N) is 1. The molecule has 4 heteroatoms. The average Bonchev–Trinajstić information content (AvgIpc) is 2.84. The van der Waals surface area contributed by atoms with Crippen molar-refractivity contribution >= 4 is 5.91 Å². The van der Waals surface area contributed by atoms with Crippen molar-refractivity contribution in [2.75, 3.05) is 19.6 Å². The molecule has 1 amide bonds. The average molecular weight is 281 g/mol. The van der Waals surface area contributed by atoms with Gasteiger partial charge in [-0.15, -0.1) is 0 Å². The highest BCUT2D eigenvalue weighted by atomic mass is 16.1. The van der Waals surface area contributed by atoms with Crippen LogP contribution in [0.3, 0.4) is 0 Å². The Kier molecular flexibility index (Phi) is 5.44. The summed E-state index contributed by atoms with van der Waals surface area (Å²) in [4.78, 5) is 14.0. The zero-order valence-electron chi connectivity index (χ0n) is 13.2. The molecule has 2 rings (SSSR count). The van der Waals surface area contributed by atoms with Crippen molar-refractivity contribution in [3.05, 3.63) is 0 Å². The Morgan fingerprint density at radius 1 is 1.20 bits per heavy atom. The number of carbonyl (C=O) groups is 1. The second-order valence-corrected chi connectivity index (χ2v) is 7.11. The molecule has 116 valence electrons. The van der Waals surface area contributed by atoms with Crippen LogP contribution in [-0.4, -0.2) is 42.5 Å². The van der Waals surface area contributed by atoms with Crippen molar-refractivity contribution < 1.29 is 4.79 Å². The van der Waals surface area contributed by atoms with Crippen molar-refractivity contribution in [2.24, 2.45) is 11.1 Å². The van der Waals surface area contributed by atoms with Gasteiger partial charge in [0, 0.05) is 12.6 Å². The maximum absolute atomic E-state index is 11.5. The molecular weight excluding hydrogens is 250 g/mol. The molecule has 1 saturated carbocycles. The Morgan fingerprint density at radius 3 is 2.30 bits per heavy atom. The molecule has 3 N–H and O–H groups in total. The number of nitrogens with zero attached hydrogens (tertiary/aromatic N) is 1. The molecule has 1 saturated heterocycles. The Labute approximate surface area is 123 Å². The fourth-order valence-corrected chi connectivity index (χ4v) is 3.90. The lowest BCUT2D eigenvalue weighted by atomic mass is 9.77. The lowest BCUT2D eigenvalue weighted by Crippen LogP contribution is -2.47. The van der Waals surface area contributed by atoms with Gasteiger partial charge in [0.25, 0.3) is 0 Å². The van der Waals surface area contributed by atoms with Crippen LogP contribution in [0.2, 0.25) is 0 Å². The highest BCUT2D eigenvalue weighted by Crippen LogP contribution is 2.46. The molecule has 0 aromatic heterocycles. The number of carbonyl (C=O) groups excluding carboxylic acids is 1. The minimum atomic E-state index is -0.219. The third-order valence-electron chi connectivity index (χ3n) is 5.19. The Morgan fingerprint density at radius 2 is 1.80 bits per heavy atom. The van der Waals surface area contributed by atoms with Gasteiger partial charge < -0.3 is 16.0 Å². The van der Waals surface area contributed by atoms with E-state index in [2.05, 4.69) is 24.1 Å². The van der Waals surface area contributed by atoms with Crippen LogP contribution in [0.15, 0.2) is 0 Å². The van der Waals surface area contributed by atoms with E-state index >= 15 is 0 Å². The van der Waals surface area contributed by atoms with Gasteiger partial charge in [0.2, 0.25) is 5.91 Å². The number of amides is 1.